The van der Waals surface area contributed by atoms with Crippen LogP contribution in [-0.4, -0.2) is 40.4 Å². The van der Waals surface area contributed by atoms with Crippen molar-refractivity contribution in [3.05, 3.63) is 0 Å². The van der Waals surface area contributed by atoms with Gasteiger partial charge >= 0.3 is 0 Å². The molecule has 22 heavy (non-hydrogen) atoms. The average molecular weight is 345 g/mol. The summed E-state index contributed by atoms with van der Waals surface area (Å²) in [6.07, 6.45) is 10.8. The number of rotatable bonds is 3. The minimum absolute atomic E-state index is 0. The maximum absolute atomic E-state index is 12.5. The van der Waals surface area contributed by atoms with E-state index in [2.05, 4.69) is 0 Å². The number of nitrogens with zero attached hydrogens (tertiary/aromatic N) is 1. The summed E-state index contributed by atoms with van der Waals surface area (Å²) < 4.78 is 0.461. The second-order valence-corrected chi connectivity index (χ2v) is 9.57. The summed E-state index contributed by atoms with van der Waals surface area (Å²) in [4.78, 5) is 14.5. The van der Waals surface area contributed by atoms with E-state index < -0.39 is 0 Å². The van der Waals surface area contributed by atoms with Crippen molar-refractivity contribution in [2.45, 2.75) is 62.2 Å². The van der Waals surface area contributed by atoms with E-state index in [0.29, 0.717) is 16.4 Å². The summed E-state index contributed by atoms with van der Waals surface area (Å²) in [7, 11) is 0. The highest BCUT2D eigenvalue weighted by Gasteiger charge is 2.51. The fraction of sp³-hybridized carbons (Fsp3) is 0.941. The molecule has 5 fully saturated rings. The van der Waals surface area contributed by atoms with Crippen molar-refractivity contribution in [3.63, 3.8) is 0 Å². The van der Waals surface area contributed by atoms with Crippen LogP contribution in [0.15, 0.2) is 0 Å². The number of carbonyl (C=O) groups excluding carboxylic acids is 1. The molecule has 1 atom stereocenters. The largest absolute Gasteiger partial charge is 0.340 e. The number of thioether (sulfide) groups is 1. The van der Waals surface area contributed by atoms with Crippen LogP contribution in [0.4, 0.5) is 0 Å². The van der Waals surface area contributed by atoms with Crippen LogP contribution in [0.2, 0.25) is 0 Å². The Morgan fingerprint density at radius 3 is 2.27 bits per heavy atom. The van der Waals surface area contributed by atoms with E-state index in [0.717, 1.165) is 43.7 Å². The normalized spacial score (nSPS) is 43.0. The molecule has 0 spiro atoms. The van der Waals surface area contributed by atoms with Gasteiger partial charge in [0, 0.05) is 23.9 Å². The smallest absolute Gasteiger partial charge is 0.232 e. The molecule has 5 heteroatoms. The lowest BCUT2D eigenvalue weighted by molar-refractivity contribution is -0.129. The van der Waals surface area contributed by atoms with Crippen molar-refractivity contribution < 1.29 is 4.79 Å². The van der Waals surface area contributed by atoms with Crippen LogP contribution in [0.25, 0.3) is 0 Å². The van der Waals surface area contributed by atoms with Crippen molar-refractivity contribution in [1.29, 1.82) is 0 Å². The average Bonchev–Trinajstić information content (AvgIpc) is 2.43. The third-order valence-corrected chi connectivity index (χ3v) is 7.80. The minimum atomic E-state index is 0. The molecule has 0 aromatic rings. The summed E-state index contributed by atoms with van der Waals surface area (Å²) in [6, 6.07) is 0.201. The lowest BCUT2D eigenvalue weighted by Gasteiger charge is -2.56. The molecule has 0 aromatic heterocycles. The lowest BCUT2D eigenvalue weighted by Crippen LogP contribution is -2.50. The molecule has 1 amide bonds. The number of halogens is 1. The molecule has 1 saturated heterocycles. The van der Waals surface area contributed by atoms with Crippen LogP contribution in [-0.2, 0) is 4.79 Å². The first-order chi connectivity index (χ1) is 10.1. The lowest BCUT2D eigenvalue weighted by atomic mass is 9.56. The standard InChI is InChI=1S/C17H28N2OS.ClH/c18-15-2-1-3-19(10-15)16(20)11-21-17-7-12-4-13(8-17)6-14(5-12)9-17;/h12-15H,1-11,18H2;1H. The molecular weight excluding hydrogens is 316 g/mol. The van der Waals surface area contributed by atoms with E-state index in [-0.39, 0.29) is 18.4 Å². The second kappa shape index (κ2) is 6.52. The Bertz CT molecular complexity index is 396. The number of amides is 1. The SMILES string of the molecule is Cl.NC1CCCN(C(=O)CSC23CC4CC(CC(C4)C2)C3)C1. The monoisotopic (exact) mass is 344 g/mol. The van der Waals surface area contributed by atoms with E-state index in [4.69, 9.17) is 5.73 Å². The van der Waals surface area contributed by atoms with E-state index in [1.807, 2.05) is 16.7 Å². The molecule has 1 aliphatic heterocycles. The Hall–Kier alpha value is 0.0700. The molecular formula is C17H29ClN2OS. The number of piperidine rings is 1. The Kier molecular flexibility index (Phi) is 5.01. The number of hydrogen-bond donors (Lipinski definition) is 1. The van der Waals surface area contributed by atoms with Gasteiger partial charge in [0.2, 0.25) is 5.91 Å². The number of carbonyl (C=O) groups is 1. The van der Waals surface area contributed by atoms with Gasteiger partial charge in [0.15, 0.2) is 0 Å². The molecule has 0 radical (unpaired) electrons. The van der Waals surface area contributed by atoms with Crippen LogP contribution in [0.1, 0.15) is 51.4 Å². The highest BCUT2D eigenvalue weighted by molar-refractivity contribution is 8.01. The number of likely N-dealkylation sites (tertiary alicyclic amines) is 1. The molecule has 4 bridgehead atoms. The zero-order chi connectivity index (χ0) is 14.4. The minimum Gasteiger partial charge on any atom is -0.340 e. The van der Waals surface area contributed by atoms with Gasteiger partial charge < -0.3 is 10.6 Å². The molecule has 5 rings (SSSR count). The number of hydrogen-bond acceptors (Lipinski definition) is 3. The topological polar surface area (TPSA) is 46.3 Å². The summed E-state index contributed by atoms with van der Waals surface area (Å²) >= 11 is 2.00. The highest BCUT2D eigenvalue weighted by atomic mass is 35.5. The van der Waals surface area contributed by atoms with E-state index in [1.165, 1.54) is 38.5 Å². The first-order valence-corrected chi connectivity index (χ1v) is 9.78. The molecule has 0 aromatic carbocycles. The van der Waals surface area contributed by atoms with Crippen LogP contribution in [0.5, 0.6) is 0 Å². The van der Waals surface area contributed by atoms with Gasteiger partial charge in [-0.2, -0.15) is 0 Å². The summed E-state index contributed by atoms with van der Waals surface area (Å²) in [5, 5.41) is 0. The van der Waals surface area contributed by atoms with Gasteiger partial charge in [-0.25, -0.2) is 0 Å². The fourth-order valence-electron chi connectivity index (χ4n) is 5.75. The summed E-state index contributed by atoms with van der Waals surface area (Å²) in [5.41, 5.74) is 6.00. The molecule has 2 N–H and O–H groups in total. The van der Waals surface area contributed by atoms with Crippen molar-refractivity contribution >= 4 is 30.1 Å². The van der Waals surface area contributed by atoms with Gasteiger partial charge in [-0.1, -0.05) is 0 Å². The van der Waals surface area contributed by atoms with Crippen LogP contribution in [0.3, 0.4) is 0 Å². The van der Waals surface area contributed by atoms with E-state index >= 15 is 0 Å². The molecule has 5 aliphatic rings. The summed E-state index contributed by atoms with van der Waals surface area (Å²) in [5.74, 6) is 3.96. The molecule has 1 unspecified atom stereocenters. The quantitative estimate of drug-likeness (QED) is 0.855. The van der Waals surface area contributed by atoms with Crippen molar-refractivity contribution in [3.8, 4) is 0 Å². The zero-order valence-electron chi connectivity index (χ0n) is 13.3. The van der Waals surface area contributed by atoms with Crippen molar-refractivity contribution in [2.24, 2.45) is 23.5 Å². The Morgan fingerprint density at radius 2 is 1.73 bits per heavy atom. The van der Waals surface area contributed by atoms with Gasteiger partial charge in [-0.15, -0.1) is 24.2 Å². The third kappa shape index (κ3) is 3.29. The van der Waals surface area contributed by atoms with Gasteiger partial charge in [0.25, 0.3) is 0 Å². The first kappa shape index (κ1) is 16.9. The first-order valence-electron chi connectivity index (χ1n) is 8.79. The Labute approximate surface area is 144 Å². The van der Waals surface area contributed by atoms with Gasteiger partial charge in [-0.3, -0.25) is 4.79 Å². The Balaban J connectivity index is 0.00000144. The van der Waals surface area contributed by atoms with Crippen molar-refractivity contribution in [1.82, 2.24) is 4.90 Å². The summed E-state index contributed by atoms with van der Waals surface area (Å²) in [6.45, 7) is 1.70. The maximum atomic E-state index is 12.5. The van der Waals surface area contributed by atoms with Crippen LogP contribution < -0.4 is 5.73 Å². The van der Waals surface area contributed by atoms with Crippen molar-refractivity contribution in [2.75, 3.05) is 18.8 Å². The van der Waals surface area contributed by atoms with E-state index in [1.54, 1.807) is 0 Å². The van der Waals surface area contributed by atoms with E-state index in [9.17, 15) is 4.79 Å². The molecule has 126 valence electrons. The Morgan fingerprint density at radius 1 is 1.14 bits per heavy atom. The van der Waals surface area contributed by atoms with Gasteiger partial charge in [0.05, 0.1) is 5.75 Å². The predicted octanol–water partition coefficient (Wildman–Crippen LogP) is 3.06. The van der Waals surface area contributed by atoms with Crippen LogP contribution in [0, 0.1) is 17.8 Å². The second-order valence-electron chi connectivity index (χ2n) is 8.13. The maximum Gasteiger partial charge on any atom is 0.232 e. The molecule has 1 heterocycles. The predicted molar refractivity (Wildman–Crippen MR) is 94.4 cm³/mol. The molecule has 4 saturated carbocycles. The van der Waals surface area contributed by atoms with Gasteiger partial charge in [0.1, 0.15) is 0 Å². The van der Waals surface area contributed by atoms with Crippen LogP contribution >= 0.6 is 24.2 Å². The highest BCUT2D eigenvalue weighted by Crippen LogP contribution is 2.60. The molecule has 3 nitrogen and oxygen atoms in total. The zero-order valence-corrected chi connectivity index (χ0v) is 15.0. The number of nitrogens with two attached hydrogens (primary N) is 1. The molecule has 4 aliphatic carbocycles. The fourth-order valence-corrected chi connectivity index (χ4v) is 7.42. The third-order valence-electron chi connectivity index (χ3n) is 6.29. The van der Waals surface area contributed by atoms with Gasteiger partial charge in [-0.05, 0) is 69.1 Å².